The molecule has 3 heteroatoms. The van der Waals surface area contributed by atoms with Crippen LogP contribution >= 0.6 is 0 Å². The van der Waals surface area contributed by atoms with E-state index in [-0.39, 0.29) is 0 Å². The van der Waals surface area contributed by atoms with Gasteiger partial charge >= 0.3 is 0 Å². The molecule has 1 aromatic heterocycles. The molecule has 0 spiro atoms. The molecule has 0 unspecified atom stereocenters. The summed E-state index contributed by atoms with van der Waals surface area (Å²) in [6, 6.07) is 4.11. The van der Waals surface area contributed by atoms with Gasteiger partial charge in [-0.15, -0.1) is 0 Å². The third-order valence-corrected chi connectivity index (χ3v) is 3.70. The van der Waals surface area contributed by atoms with Crippen molar-refractivity contribution in [3.63, 3.8) is 0 Å². The normalized spacial score (nSPS) is 11.8. The van der Waals surface area contributed by atoms with E-state index in [1.54, 1.807) is 0 Å². The monoisotopic (exact) mass is 291 g/mol. The fourth-order valence-electron chi connectivity index (χ4n) is 2.19. The summed E-state index contributed by atoms with van der Waals surface area (Å²) in [4.78, 5) is 6.75. The highest BCUT2D eigenvalue weighted by Crippen LogP contribution is 2.06. The second-order valence-corrected chi connectivity index (χ2v) is 6.74. The van der Waals surface area contributed by atoms with Gasteiger partial charge in [0.25, 0.3) is 0 Å². The molecule has 1 heterocycles. The molecule has 0 fully saturated rings. The molecule has 0 aliphatic carbocycles. The van der Waals surface area contributed by atoms with Crippen molar-refractivity contribution < 1.29 is 0 Å². The minimum Gasteiger partial charge on any atom is -0.311 e. The van der Waals surface area contributed by atoms with Crippen LogP contribution in [0, 0.1) is 11.8 Å². The predicted molar refractivity (Wildman–Crippen MR) is 91.3 cm³/mol. The van der Waals surface area contributed by atoms with Gasteiger partial charge in [-0.1, -0.05) is 33.8 Å². The van der Waals surface area contributed by atoms with Gasteiger partial charge in [0.15, 0.2) is 0 Å². The maximum atomic E-state index is 4.15. The first kappa shape index (κ1) is 18.1. The van der Waals surface area contributed by atoms with Gasteiger partial charge in [0, 0.05) is 32.0 Å². The van der Waals surface area contributed by atoms with Crippen LogP contribution in [0.25, 0.3) is 0 Å². The maximum Gasteiger partial charge on any atom is 0.0312 e. The second kappa shape index (κ2) is 10.7. The highest BCUT2D eigenvalue weighted by Gasteiger charge is 2.07. The predicted octanol–water partition coefficient (Wildman–Crippen LogP) is 3.57. The van der Waals surface area contributed by atoms with Crippen molar-refractivity contribution in [1.29, 1.82) is 0 Å². The molecule has 3 nitrogen and oxygen atoms in total. The molecule has 0 amide bonds. The summed E-state index contributed by atoms with van der Waals surface area (Å²) in [6.07, 6.45) is 6.34. The van der Waals surface area contributed by atoms with Gasteiger partial charge in [-0.05, 0) is 49.4 Å². The minimum absolute atomic E-state index is 0.787. The molecule has 0 aliphatic rings. The molecule has 1 rings (SSSR count). The first-order chi connectivity index (χ1) is 10.1. The van der Waals surface area contributed by atoms with E-state index in [2.05, 4.69) is 49.0 Å². The van der Waals surface area contributed by atoms with Crippen LogP contribution in [-0.2, 0) is 6.54 Å². The van der Waals surface area contributed by atoms with Crippen molar-refractivity contribution in [3.8, 4) is 0 Å². The van der Waals surface area contributed by atoms with E-state index in [4.69, 9.17) is 0 Å². The fraction of sp³-hybridized carbons (Fsp3) is 0.722. The Hall–Kier alpha value is -0.930. The molecule has 0 radical (unpaired) electrons. The summed E-state index contributed by atoms with van der Waals surface area (Å²) < 4.78 is 0. The van der Waals surface area contributed by atoms with Gasteiger partial charge in [0.1, 0.15) is 0 Å². The molecule has 120 valence electrons. The number of pyridine rings is 1. The van der Waals surface area contributed by atoms with E-state index >= 15 is 0 Å². The van der Waals surface area contributed by atoms with Gasteiger partial charge in [0.2, 0.25) is 0 Å². The Morgan fingerprint density at radius 3 is 2.24 bits per heavy atom. The quantitative estimate of drug-likeness (QED) is 0.632. The SMILES string of the molecule is CC(C)CCN(CCNCc1cccnc1)CCC(C)C. The smallest absolute Gasteiger partial charge is 0.0312 e. The standard InChI is InChI=1S/C18H33N3/c1-16(2)7-11-21(12-8-17(3)4)13-10-20-15-18-6-5-9-19-14-18/h5-6,9,14,16-17,20H,7-8,10-13,15H2,1-4H3. The Morgan fingerprint density at radius 2 is 1.71 bits per heavy atom. The topological polar surface area (TPSA) is 28.2 Å². The van der Waals surface area contributed by atoms with E-state index in [0.717, 1.165) is 31.5 Å². The Bertz CT molecular complexity index is 337. The Labute approximate surface area is 131 Å². The first-order valence-electron chi connectivity index (χ1n) is 8.40. The molecule has 21 heavy (non-hydrogen) atoms. The zero-order valence-corrected chi connectivity index (χ0v) is 14.3. The number of aromatic nitrogens is 1. The molecule has 1 aromatic rings. The number of rotatable bonds is 11. The number of nitrogens with zero attached hydrogens (tertiary/aromatic N) is 2. The van der Waals surface area contributed by atoms with Crippen LogP contribution in [-0.4, -0.2) is 36.1 Å². The summed E-state index contributed by atoms with van der Waals surface area (Å²) >= 11 is 0. The van der Waals surface area contributed by atoms with Gasteiger partial charge < -0.3 is 10.2 Å². The third kappa shape index (κ3) is 9.59. The van der Waals surface area contributed by atoms with E-state index in [0.29, 0.717) is 0 Å². The summed E-state index contributed by atoms with van der Waals surface area (Å²) in [5.41, 5.74) is 1.26. The van der Waals surface area contributed by atoms with Crippen LogP contribution in [0.3, 0.4) is 0 Å². The van der Waals surface area contributed by atoms with Crippen molar-refractivity contribution >= 4 is 0 Å². The lowest BCUT2D eigenvalue weighted by molar-refractivity contribution is 0.243. The summed E-state index contributed by atoms with van der Waals surface area (Å²) in [5.74, 6) is 1.57. The van der Waals surface area contributed by atoms with Gasteiger partial charge in [-0.25, -0.2) is 0 Å². The third-order valence-electron chi connectivity index (χ3n) is 3.70. The summed E-state index contributed by atoms with van der Waals surface area (Å²) in [7, 11) is 0. The zero-order valence-electron chi connectivity index (χ0n) is 14.3. The van der Waals surface area contributed by atoms with Gasteiger partial charge in [-0.3, -0.25) is 4.98 Å². The molecule has 0 saturated carbocycles. The van der Waals surface area contributed by atoms with Crippen LogP contribution in [0.1, 0.15) is 46.1 Å². The summed E-state index contributed by atoms with van der Waals surface area (Å²) in [5, 5.41) is 3.53. The fourth-order valence-corrected chi connectivity index (χ4v) is 2.19. The number of hydrogen-bond donors (Lipinski definition) is 1. The lowest BCUT2D eigenvalue weighted by Crippen LogP contribution is -2.34. The molecular formula is C18H33N3. The molecular weight excluding hydrogens is 258 g/mol. The van der Waals surface area contributed by atoms with Crippen LogP contribution in [0.4, 0.5) is 0 Å². The number of hydrogen-bond acceptors (Lipinski definition) is 3. The van der Waals surface area contributed by atoms with E-state index in [1.165, 1.54) is 31.5 Å². The number of nitrogens with one attached hydrogen (secondary N) is 1. The second-order valence-electron chi connectivity index (χ2n) is 6.74. The lowest BCUT2D eigenvalue weighted by Gasteiger charge is -2.24. The zero-order chi connectivity index (χ0) is 15.5. The molecule has 1 N–H and O–H groups in total. The highest BCUT2D eigenvalue weighted by molar-refractivity contribution is 5.07. The lowest BCUT2D eigenvalue weighted by atomic mass is 10.1. The Kier molecular flexibility index (Phi) is 9.27. The van der Waals surface area contributed by atoms with Crippen LogP contribution in [0.5, 0.6) is 0 Å². The van der Waals surface area contributed by atoms with Gasteiger partial charge in [-0.2, -0.15) is 0 Å². The van der Waals surface area contributed by atoms with E-state index < -0.39 is 0 Å². The van der Waals surface area contributed by atoms with Gasteiger partial charge in [0.05, 0.1) is 0 Å². The van der Waals surface area contributed by atoms with Crippen molar-refractivity contribution in [2.45, 2.75) is 47.1 Å². The Morgan fingerprint density at radius 1 is 1.05 bits per heavy atom. The summed E-state index contributed by atoms with van der Waals surface area (Å²) in [6.45, 7) is 14.8. The van der Waals surface area contributed by atoms with E-state index in [9.17, 15) is 0 Å². The molecule has 0 saturated heterocycles. The van der Waals surface area contributed by atoms with Crippen molar-refractivity contribution in [2.75, 3.05) is 26.2 Å². The largest absolute Gasteiger partial charge is 0.311 e. The van der Waals surface area contributed by atoms with Crippen molar-refractivity contribution in [1.82, 2.24) is 15.2 Å². The highest BCUT2D eigenvalue weighted by atomic mass is 15.1. The first-order valence-corrected chi connectivity index (χ1v) is 8.40. The average Bonchev–Trinajstić information content (AvgIpc) is 2.46. The molecule has 0 bridgehead atoms. The van der Waals surface area contributed by atoms with Crippen molar-refractivity contribution in [2.24, 2.45) is 11.8 Å². The molecule has 0 atom stereocenters. The molecule has 0 aromatic carbocycles. The van der Waals surface area contributed by atoms with E-state index in [1.807, 2.05) is 18.5 Å². The van der Waals surface area contributed by atoms with Crippen LogP contribution < -0.4 is 5.32 Å². The van der Waals surface area contributed by atoms with Crippen LogP contribution in [0.2, 0.25) is 0 Å². The maximum absolute atomic E-state index is 4.15. The Balaban J connectivity index is 2.24. The van der Waals surface area contributed by atoms with Crippen molar-refractivity contribution in [3.05, 3.63) is 30.1 Å². The van der Waals surface area contributed by atoms with Crippen LogP contribution in [0.15, 0.2) is 24.5 Å². The minimum atomic E-state index is 0.787. The average molecular weight is 291 g/mol. The molecule has 0 aliphatic heterocycles.